The maximum absolute atomic E-state index is 9.30. The molecule has 0 aliphatic carbocycles. The van der Waals surface area contributed by atoms with Crippen LogP contribution in [0.2, 0.25) is 10.0 Å². The molecule has 1 N–H and O–H groups in total. The number of rotatable bonds is 4. The van der Waals surface area contributed by atoms with Crippen molar-refractivity contribution in [1.29, 1.82) is 0 Å². The standard InChI is InChI=1S/C14H11BrCl2O2/c15-10-4-5-14(9(6-10)7-18)19-8-11-12(16)2-1-3-13(11)17/h1-6,18H,7-8H2. The van der Waals surface area contributed by atoms with Crippen LogP contribution in [0.25, 0.3) is 0 Å². The van der Waals surface area contributed by atoms with Gasteiger partial charge < -0.3 is 9.84 Å². The third-order valence-corrected chi connectivity index (χ3v) is 3.83. The quantitative estimate of drug-likeness (QED) is 0.845. The molecule has 100 valence electrons. The molecule has 2 aromatic carbocycles. The van der Waals surface area contributed by atoms with Crippen LogP contribution in [0.4, 0.5) is 0 Å². The van der Waals surface area contributed by atoms with Gasteiger partial charge in [-0.3, -0.25) is 0 Å². The predicted molar refractivity (Wildman–Crippen MR) is 80.9 cm³/mol. The molecule has 0 spiro atoms. The van der Waals surface area contributed by atoms with Gasteiger partial charge in [0.05, 0.1) is 6.61 Å². The average molecular weight is 362 g/mol. The molecule has 0 aromatic heterocycles. The van der Waals surface area contributed by atoms with Crippen LogP contribution in [0, 0.1) is 0 Å². The van der Waals surface area contributed by atoms with Gasteiger partial charge in [0.25, 0.3) is 0 Å². The van der Waals surface area contributed by atoms with Gasteiger partial charge in [-0.2, -0.15) is 0 Å². The normalized spacial score (nSPS) is 10.5. The fourth-order valence-corrected chi connectivity index (χ4v) is 2.55. The lowest BCUT2D eigenvalue weighted by Crippen LogP contribution is -2.00. The summed E-state index contributed by atoms with van der Waals surface area (Å²) >= 11 is 15.5. The van der Waals surface area contributed by atoms with Gasteiger partial charge in [-0.15, -0.1) is 0 Å². The molecule has 0 heterocycles. The monoisotopic (exact) mass is 360 g/mol. The third-order valence-electron chi connectivity index (χ3n) is 2.63. The molecule has 0 saturated carbocycles. The van der Waals surface area contributed by atoms with Crippen molar-refractivity contribution >= 4 is 39.1 Å². The predicted octanol–water partition coefficient (Wildman–Crippen LogP) is 4.83. The highest BCUT2D eigenvalue weighted by Gasteiger charge is 2.08. The number of halogens is 3. The molecule has 0 aliphatic rings. The number of aliphatic hydroxyl groups is 1. The first-order valence-electron chi connectivity index (χ1n) is 5.57. The van der Waals surface area contributed by atoms with Crippen molar-refractivity contribution in [3.05, 3.63) is 62.0 Å². The highest BCUT2D eigenvalue weighted by atomic mass is 79.9. The van der Waals surface area contributed by atoms with E-state index in [4.69, 9.17) is 27.9 Å². The summed E-state index contributed by atoms with van der Waals surface area (Å²) in [5, 5.41) is 10.4. The Balaban J connectivity index is 2.19. The average Bonchev–Trinajstić information content (AvgIpc) is 2.39. The minimum Gasteiger partial charge on any atom is -0.488 e. The van der Waals surface area contributed by atoms with E-state index in [1.807, 2.05) is 12.1 Å². The fourth-order valence-electron chi connectivity index (χ4n) is 1.63. The summed E-state index contributed by atoms with van der Waals surface area (Å²) in [7, 11) is 0. The van der Waals surface area contributed by atoms with Crippen molar-refractivity contribution in [3.63, 3.8) is 0 Å². The minimum atomic E-state index is -0.0922. The number of ether oxygens (including phenoxy) is 1. The van der Waals surface area contributed by atoms with Crippen molar-refractivity contribution < 1.29 is 9.84 Å². The first kappa shape index (κ1) is 14.7. The van der Waals surface area contributed by atoms with Gasteiger partial charge in [0, 0.05) is 25.6 Å². The second kappa shape index (κ2) is 6.62. The maximum atomic E-state index is 9.30. The molecule has 0 unspecified atom stereocenters. The van der Waals surface area contributed by atoms with E-state index >= 15 is 0 Å². The van der Waals surface area contributed by atoms with Crippen LogP contribution >= 0.6 is 39.1 Å². The van der Waals surface area contributed by atoms with Crippen molar-refractivity contribution in [3.8, 4) is 5.75 Å². The molecular weight excluding hydrogens is 351 g/mol. The van der Waals surface area contributed by atoms with Crippen LogP contribution in [-0.4, -0.2) is 5.11 Å². The Morgan fingerprint density at radius 1 is 1.11 bits per heavy atom. The van der Waals surface area contributed by atoms with Gasteiger partial charge in [-0.05, 0) is 30.3 Å². The van der Waals surface area contributed by atoms with Crippen LogP contribution in [0.1, 0.15) is 11.1 Å². The van der Waals surface area contributed by atoms with E-state index in [0.29, 0.717) is 21.4 Å². The van der Waals surface area contributed by atoms with Crippen LogP contribution in [0.15, 0.2) is 40.9 Å². The molecule has 0 radical (unpaired) electrons. The summed E-state index contributed by atoms with van der Waals surface area (Å²) in [5.74, 6) is 0.613. The summed E-state index contributed by atoms with van der Waals surface area (Å²) in [6.07, 6.45) is 0. The smallest absolute Gasteiger partial charge is 0.125 e. The zero-order valence-corrected chi connectivity index (χ0v) is 13.0. The second-order valence-electron chi connectivity index (χ2n) is 3.90. The number of aliphatic hydroxyl groups excluding tert-OH is 1. The zero-order valence-electron chi connectivity index (χ0n) is 9.87. The molecule has 0 amide bonds. The first-order valence-corrected chi connectivity index (χ1v) is 7.11. The molecule has 2 aromatic rings. The van der Waals surface area contributed by atoms with E-state index in [2.05, 4.69) is 15.9 Å². The molecule has 0 aliphatic heterocycles. The lowest BCUT2D eigenvalue weighted by atomic mass is 10.2. The summed E-state index contributed by atoms with van der Waals surface area (Å²) in [5.41, 5.74) is 1.44. The summed E-state index contributed by atoms with van der Waals surface area (Å²) < 4.78 is 6.57. The Kier molecular flexibility index (Phi) is 5.11. The zero-order chi connectivity index (χ0) is 13.8. The van der Waals surface area contributed by atoms with Crippen LogP contribution in [-0.2, 0) is 13.2 Å². The molecule has 0 fully saturated rings. The van der Waals surface area contributed by atoms with Crippen LogP contribution in [0.3, 0.4) is 0 Å². The summed E-state index contributed by atoms with van der Waals surface area (Å²) in [6, 6.07) is 10.8. The van der Waals surface area contributed by atoms with Gasteiger partial charge in [0.2, 0.25) is 0 Å². The lowest BCUT2D eigenvalue weighted by Gasteiger charge is -2.12. The summed E-state index contributed by atoms with van der Waals surface area (Å²) in [6.45, 7) is 0.165. The van der Waals surface area contributed by atoms with Crippen molar-refractivity contribution in [2.45, 2.75) is 13.2 Å². The van der Waals surface area contributed by atoms with E-state index in [-0.39, 0.29) is 13.2 Å². The van der Waals surface area contributed by atoms with Gasteiger partial charge >= 0.3 is 0 Å². The van der Waals surface area contributed by atoms with E-state index < -0.39 is 0 Å². The van der Waals surface area contributed by atoms with E-state index in [9.17, 15) is 5.11 Å². The van der Waals surface area contributed by atoms with Gasteiger partial charge in [-0.1, -0.05) is 45.2 Å². The Morgan fingerprint density at radius 3 is 2.42 bits per heavy atom. The van der Waals surface area contributed by atoms with Crippen molar-refractivity contribution in [2.75, 3.05) is 0 Å². The van der Waals surface area contributed by atoms with Crippen molar-refractivity contribution in [2.24, 2.45) is 0 Å². The fraction of sp³-hybridized carbons (Fsp3) is 0.143. The third kappa shape index (κ3) is 3.63. The molecule has 5 heteroatoms. The SMILES string of the molecule is OCc1cc(Br)ccc1OCc1c(Cl)cccc1Cl. The van der Waals surface area contributed by atoms with Crippen LogP contribution < -0.4 is 4.74 Å². The Bertz CT molecular complexity index is 567. The number of benzene rings is 2. The van der Waals surface area contributed by atoms with E-state index in [1.165, 1.54) is 0 Å². The van der Waals surface area contributed by atoms with E-state index in [1.54, 1.807) is 24.3 Å². The van der Waals surface area contributed by atoms with Gasteiger partial charge in [-0.25, -0.2) is 0 Å². The molecule has 2 nitrogen and oxygen atoms in total. The molecule has 2 rings (SSSR count). The number of hydrogen-bond acceptors (Lipinski definition) is 2. The van der Waals surface area contributed by atoms with Crippen molar-refractivity contribution in [1.82, 2.24) is 0 Å². The Morgan fingerprint density at radius 2 is 1.79 bits per heavy atom. The Labute approximate surface area is 130 Å². The van der Waals surface area contributed by atoms with Gasteiger partial charge in [0.15, 0.2) is 0 Å². The largest absolute Gasteiger partial charge is 0.488 e. The summed E-state index contributed by atoms with van der Waals surface area (Å²) in [4.78, 5) is 0. The Hall–Kier alpha value is -0.740. The minimum absolute atomic E-state index is 0.0922. The second-order valence-corrected chi connectivity index (χ2v) is 5.63. The highest BCUT2D eigenvalue weighted by molar-refractivity contribution is 9.10. The lowest BCUT2D eigenvalue weighted by molar-refractivity contribution is 0.259. The molecule has 0 bridgehead atoms. The molecule has 0 saturated heterocycles. The topological polar surface area (TPSA) is 29.5 Å². The number of hydrogen-bond donors (Lipinski definition) is 1. The van der Waals surface area contributed by atoms with E-state index in [0.717, 1.165) is 10.0 Å². The molecule has 0 atom stereocenters. The van der Waals surface area contributed by atoms with Crippen LogP contribution in [0.5, 0.6) is 5.75 Å². The maximum Gasteiger partial charge on any atom is 0.125 e. The molecule has 19 heavy (non-hydrogen) atoms. The van der Waals surface area contributed by atoms with Gasteiger partial charge in [0.1, 0.15) is 12.4 Å². The highest BCUT2D eigenvalue weighted by Crippen LogP contribution is 2.28. The molecular formula is C14H11BrCl2O2. The first-order chi connectivity index (χ1) is 9.11.